The zero-order valence-electron chi connectivity index (χ0n) is 16.0. The Labute approximate surface area is 176 Å². The molecule has 2 heterocycles. The third-order valence-electron chi connectivity index (χ3n) is 4.37. The summed E-state index contributed by atoms with van der Waals surface area (Å²) in [6, 6.07) is 14.3. The fourth-order valence-electron chi connectivity index (χ4n) is 2.92. The molecule has 0 aliphatic carbocycles. The molecule has 0 saturated carbocycles. The Kier molecular flexibility index (Phi) is 5.72. The quantitative estimate of drug-likeness (QED) is 0.432. The molecule has 0 spiro atoms. The Bertz CT molecular complexity index is 1200. The van der Waals surface area contributed by atoms with E-state index < -0.39 is 5.82 Å². The smallest absolute Gasteiger partial charge is 0.245 e. The van der Waals surface area contributed by atoms with Gasteiger partial charge < -0.3 is 10.1 Å². The first kappa shape index (κ1) is 20.0. The molecule has 0 unspecified atom stereocenters. The van der Waals surface area contributed by atoms with Gasteiger partial charge in [-0.25, -0.2) is 18.7 Å². The van der Waals surface area contributed by atoms with Gasteiger partial charge in [0, 0.05) is 12.1 Å². The lowest BCUT2D eigenvalue weighted by molar-refractivity contribution is 0.330. The van der Waals surface area contributed by atoms with Crippen LogP contribution in [0.1, 0.15) is 12.5 Å². The predicted octanol–water partition coefficient (Wildman–Crippen LogP) is 5.63. The SMILES string of the molecule is CCOc1nc(NCc2ccc(Cl)c(F)c2)nc2ccc(-c3ccc(F)cc3)nc12. The van der Waals surface area contributed by atoms with Crippen molar-refractivity contribution in [1.82, 2.24) is 15.0 Å². The van der Waals surface area contributed by atoms with Crippen LogP contribution in [-0.4, -0.2) is 21.6 Å². The molecule has 0 amide bonds. The van der Waals surface area contributed by atoms with Crippen LogP contribution in [-0.2, 0) is 6.54 Å². The van der Waals surface area contributed by atoms with E-state index in [1.807, 2.05) is 6.92 Å². The molecule has 0 aliphatic heterocycles. The van der Waals surface area contributed by atoms with Crippen molar-refractivity contribution in [3.05, 3.63) is 76.8 Å². The van der Waals surface area contributed by atoms with E-state index in [0.717, 1.165) is 5.56 Å². The standard InChI is InChI=1S/C22H17ClF2N4O/c1-2-30-21-20-19(10-9-18(27-20)14-4-6-15(24)7-5-14)28-22(29-21)26-12-13-3-8-16(23)17(25)11-13/h3-11H,2,12H2,1H3,(H,26,28,29). The van der Waals surface area contributed by atoms with Gasteiger partial charge in [0.05, 0.1) is 22.8 Å². The number of fused-ring (bicyclic) bond motifs is 1. The maximum absolute atomic E-state index is 13.6. The minimum Gasteiger partial charge on any atom is -0.476 e. The summed E-state index contributed by atoms with van der Waals surface area (Å²) in [4.78, 5) is 13.5. The highest BCUT2D eigenvalue weighted by molar-refractivity contribution is 6.30. The molecule has 8 heteroatoms. The zero-order chi connectivity index (χ0) is 21.1. The van der Waals surface area contributed by atoms with Crippen molar-refractivity contribution in [1.29, 1.82) is 0 Å². The van der Waals surface area contributed by atoms with Gasteiger partial charge in [0.1, 0.15) is 11.6 Å². The van der Waals surface area contributed by atoms with E-state index in [2.05, 4.69) is 20.3 Å². The van der Waals surface area contributed by atoms with Crippen molar-refractivity contribution < 1.29 is 13.5 Å². The summed E-state index contributed by atoms with van der Waals surface area (Å²) in [5, 5.41) is 3.14. The highest BCUT2D eigenvalue weighted by Gasteiger charge is 2.12. The predicted molar refractivity (Wildman–Crippen MR) is 113 cm³/mol. The molecule has 4 aromatic rings. The average molecular weight is 427 g/mol. The molecule has 5 nitrogen and oxygen atoms in total. The second kappa shape index (κ2) is 8.59. The lowest BCUT2D eigenvalue weighted by Gasteiger charge is -2.11. The topological polar surface area (TPSA) is 59.9 Å². The number of nitrogens with one attached hydrogen (secondary N) is 1. The Balaban J connectivity index is 1.66. The maximum atomic E-state index is 13.6. The van der Waals surface area contributed by atoms with Gasteiger partial charge >= 0.3 is 0 Å². The van der Waals surface area contributed by atoms with E-state index in [-0.39, 0.29) is 10.8 Å². The largest absolute Gasteiger partial charge is 0.476 e. The van der Waals surface area contributed by atoms with Crippen LogP contribution in [0.2, 0.25) is 5.02 Å². The zero-order valence-corrected chi connectivity index (χ0v) is 16.8. The fourth-order valence-corrected chi connectivity index (χ4v) is 3.03. The third-order valence-corrected chi connectivity index (χ3v) is 4.67. The summed E-state index contributed by atoms with van der Waals surface area (Å²) in [5.74, 6) is -0.133. The molecule has 30 heavy (non-hydrogen) atoms. The van der Waals surface area contributed by atoms with Gasteiger partial charge in [-0.1, -0.05) is 17.7 Å². The molecule has 0 bridgehead atoms. The van der Waals surface area contributed by atoms with E-state index in [0.29, 0.717) is 47.3 Å². The van der Waals surface area contributed by atoms with Crippen LogP contribution in [0.3, 0.4) is 0 Å². The van der Waals surface area contributed by atoms with Crippen molar-refractivity contribution in [3.63, 3.8) is 0 Å². The molecule has 152 valence electrons. The van der Waals surface area contributed by atoms with Gasteiger partial charge in [0.15, 0.2) is 5.52 Å². The van der Waals surface area contributed by atoms with Crippen LogP contribution in [0, 0.1) is 11.6 Å². The summed E-state index contributed by atoms with van der Waals surface area (Å²) in [6.45, 7) is 2.56. The van der Waals surface area contributed by atoms with Crippen molar-refractivity contribution in [3.8, 4) is 17.1 Å². The minimum absolute atomic E-state index is 0.0716. The lowest BCUT2D eigenvalue weighted by atomic mass is 10.1. The van der Waals surface area contributed by atoms with Crippen molar-refractivity contribution in [2.45, 2.75) is 13.5 Å². The number of benzene rings is 2. The molecule has 0 fully saturated rings. The van der Waals surface area contributed by atoms with E-state index in [9.17, 15) is 8.78 Å². The number of hydrogen-bond acceptors (Lipinski definition) is 5. The molecule has 0 atom stereocenters. The number of hydrogen-bond donors (Lipinski definition) is 1. The van der Waals surface area contributed by atoms with Crippen LogP contribution in [0.5, 0.6) is 5.88 Å². The number of pyridine rings is 1. The molecule has 2 aromatic carbocycles. The van der Waals surface area contributed by atoms with Gasteiger partial charge in [-0.2, -0.15) is 4.98 Å². The minimum atomic E-state index is -0.483. The molecular weight excluding hydrogens is 410 g/mol. The molecule has 1 N–H and O–H groups in total. The fraction of sp³-hybridized carbons (Fsp3) is 0.136. The number of halogens is 3. The van der Waals surface area contributed by atoms with Gasteiger partial charge in [0.25, 0.3) is 0 Å². The monoisotopic (exact) mass is 426 g/mol. The van der Waals surface area contributed by atoms with Gasteiger partial charge in [-0.3, -0.25) is 0 Å². The Morgan fingerprint density at radius 2 is 1.77 bits per heavy atom. The Morgan fingerprint density at radius 1 is 0.967 bits per heavy atom. The number of ether oxygens (including phenoxy) is 1. The summed E-state index contributed by atoms with van der Waals surface area (Å²) in [6.07, 6.45) is 0. The van der Waals surface area contributed by atoms with E-state index >= 15 is 0 Å². The van der Waals surface area contributed by atoms with Crippen LogP contribution < -0.4 is 10.1 Å². The highest BCUT2D eigenvalue weighted by Crippen LogP contribution is 2.27. The average Bonchev–Trinajstić information content (AvgIpc) is 2.75. The molecule has 0 saturated heterocycles. The second-order valence-electron chi connectivity index (χ2n) is 6.46. The van der Waals surface area contributed by atoms with Crippen molar-refractivity contribution in [2.24, 2.45) is 0 Å². The number of anilines is 1. The third kappa shape index (κ3) is 4.31. The van der Waals surface area contributed by atoms with Crippen molar-refractivity contribution in [2.75, 3.05) is 11.9 Å². The van der Waals surface area contributed by atoms with Gasteiger partial charge in [-0.05, 0) is 61.0 Å². The molecule has 4 rings (SSSR count). The van der Waals surface area contributed by atoms with Crippen LogP contribution in [0.4, 0.5) is 14.7 Å². The molecule has 2 aromatic heterocycles. The number of aromatic nitrogens is 3. The summed E-state index contributed by atoms with van der Waals surface area (Å²) in [7, 11) is 0. The highest BCUT2D eigenvalue weighted by atomic mass is 35.5. The van der Waals surface area contributed by atoms with Gasteiger partial charge in [0.2, 0.25) is 11.8 Å². The maximum Gasteiger partial charge on any atom is 0.245 e. The summed E-state index contributed by atoms with van der Waals surface area (Å²) in [5.41, 5.74) is 3.21. The van der Waals surface area contributed by atoms with E-state index in [4.69, 9.17) is 16.3 Å². The lowest BCUT2D eigenvalue weighted by Crippen LogP contribution is -2.07. The van der Waals surface area contributed by atoms with Crippen LogP contribution >= 0.6 is 11.6 Å². The van der Waals surface area contributed by atoms with Gasteiger partial charge in [-0.15, -0.1) is 0 Å². The number of rotatable bonds is 6. The first-order valence-electron chi connectivity index (χ1n) is 9.29. The van der Waals surface area contributed by atoms with Crippen LogP contribution in [0.25, 0.3) is 22.3 Å². The molecule has 0 radical (unpaired) electrons. The summed E-state index contributed by atoms with van der Waals surface area (Å²) < 4.78 is 32.5. The second-order valence-corrected chi connectivity index (χ2v) is 6.87. The molecular formula is C22H17ClF2N4O. The normalized spacial score (nSPS) is 10.9. The Hall–Kier alpha value is -3.32. The van der Waals surface area contributed by atoms with E-state index in [1.165, 1.54) is 24.3 Å². The van der Waals surface area contributed by atoms with E-state index in [1.54, 1.807) is 30.3 Å². The summed E-state index contributed by atoms with van der Waals surface area (Å²) >= 11 is 5.72. The Morgan fingerprint density at radius 3 is 2.50 bits per heavy atom. The van der Waals surface area contributed by atoms with Crippen LogP contribution in [0.15, 0.2) is 54.6 Å². The first-order valence-corrected chi connectivity index (χ1v) is 9.66. The number of nitrogens with zero attached hydrogens (tertiary/aromatic N) is 3. The van der Waals surface area contributed by atoms with Crippen molar-refractivity contribution >= 4 is 28.6 Å². The molecule has 0 aliphatic rings. The first-order chi connectivity index (χ1) is 14.5.